The SMILES string of the molecule is CSc1cccc2c1-c1ccc(NS(C)(=O)=O)cc1C(c1ccc(Br)s1)O2. The molecule has 4 nitrogen and oxygen atoms in total. The van der Waals surface area contributed by atoms with Gasteiger partial charge in [0.1, 0.15) is 5.75 Å². The van der Waals surface area contributed by atoms with Gasteiger partial charge in [-0.1, -0.05) is 12.1 Å². The minimum absolute atomic E-state index is 0.290. The number of halogens is 1. The van der Waals surface area contributed by atoms with E-state index in [0.29, 0.717) is 5.69 Å². The summed E-state index contributed by atoms with van der Waals surface area (Å²) in [4.78, 5) is 2.18. The van der Waals surface area contributed by atoms with E-state index in [1.807, 2.05) is 42.7 Å². The molecule has 0 spiro atoms. The molecule has 2 heterocycles. The van der Waals surface area contributed by atoms with E-state index in [1.165, 1.54) is 0 Å². The lowest BCUT2D eigenvalue weighted by atomic mass is 9.91. The molecule has 0 fully saturated rings. The Bertz CT molecular complexity index is 1120. The first-order chi connectivity index (χ1) is 12.9. The van der Waals surface area contributed by atoms with E-state index in [4.69, 9.17) is 4.74 Å². The van der Waals surface area contributed by atoms with Gasteiger partial charge in [0, 0.05) is 21.7 Å². The van der Waals surface area contributed by atoms with Crippen LogP contribution in [0.5, 0.6) is 5.75 Å². The maximum atomic E-state index is 11.7. The van der Waals surface area contributed by atoms with Crippen LogP contribution in [0.15, 0.2) is 57.2 Å². The standard InChI is InChI=1S/C19H16BrNO3S3/c1-25-15-5-3-4-14-18(15)12-7-6-11(21-27(2,22)23)10-13(12)19(24-14)16-8-9-17(20)26-16/h3-10,19,21H,1-2H3. The quantitative estimate of drug-likeness (QED) is 0.481. The van der Waals surface area contributed by atoms with Crippen LogP contribution >= 0.6 is 39.0 Å². The second-order valence-corrected chi connectivity index (χ2v) is 11.2. The summed E-state index contributed by atoms with van der Waals surface area (Å²) in [6.45, 7) is 0. The molecule has 0 saturated carbocycles. The molecule has 0 bridgehead atoms. The van der Waals surface area contributed by atoms with Gasteiger partial charge in [-0.05, 0) is 64.1 Å². The average Bonchev–Trinajstić information content (AvgIpc) is 3.05. The zero-order valence-electron chi connectivity index (χ0n) is 14.5. The second kappa shape index (κ2) is 7.16. The number of nitrogens with one attached hydrogen (secondary N) is 1. The number of thiophene rings is 1. The Labute approximate surface area is 175 Å². The predicted octanol–water partition coefficient (Wildman–Crippen LogP) is 5.75. The number of thioether (sulfide) groups is 1. The van der Waals surface area contributed by atoms with Crippen molar-refractivity contribution < 1.29 is 13.2 Å². The van der Waals surface area contributed by atoms with Crippen molar-refractivity contribution in [2.24, 2.45) is 0 Å². The van der Waals surface area contributed by atoms with Crippen molar-refractivity contribution in [3.8, 4) is 16.9 Å². The Morgan fingerprint density at radius 2 is 2.00 bits per heavy atom. The van der Waals surface area contributed by atoms with Crippen LogP contribution in [0.25, 0.3) is 11.1 Å². The molecule has 1 aliphatic rings. The fraction of sp³-hybridized carbons (Fsp3) is 0.158. The summed E-state index contributed by atoms with van der Waals surface area (Å²) in [5, 5.41) is 0. The van der Waals surface area contributed by atoms with Crippen molar-refractivity contribution in [1.29, 1.82) is 0 Å². The number of anilines is 1. The highest BCUT2D eigenvalue weighted by Gasteiger charge is 2.30. The smallest absolute Gasteiger partial charge is 0.229 e. The molecular weight excluding hydrogens is 466 g/mol. The second-order valence-electron chi connectivity index (χ2n) is 6.15. The van der Waals surface area contributed by atoms with E-state index in [1.54, 1.807) is 29.2 Å². The molecule has 4 rings (SSSR count). The summed E-state index contributed by atoms with van der Waals surface area (Å²) in [5.74, 6) is 0.840. The summed E-state index contributed by atoms with van der Waals surface area (Å²) in [5.41, 5.74) is 3.60. The van der Waals surface area contributed by atoms with Gasteiger partial charge in [0.2, 0.25) is 10.0 Å². The lowest BCUT2D eigenvalue weighted by molar-refractivity contribution is 0.247. The molecule has 140 valence electrons. The molecule has 3 aromatic rings. The molecule has 1 unspecified atom stereocenters. The molecule has 1 aliphatic heterocycles. The lowest BCUT2D eigenvalue weighted by Crippen LogP contribution is -2.16. The zero-order chi connectivity index (χ0) is 19.2. The maximum absolute atomic E-state index is 11.7. The van der Waals surface area contributed by atoms with Gasteiger partial charge < -0.3 is 4.74 Å². The first-order valence-corrected chi connectivity index (χ1v) is 12.8. The Balaban J connectivity index is 1.92. The molecule has 0 amide bonds. The summed E-state index contributed by atoms with van der Waals surface area (Å²) < 4.78 is 33.3. The van der Waals surface area contributed by atoms with E-state index >= 15 is 0 Å². The zero-order valence-corrected chi connectivity index (χ0v) is 18.6. The van der Waals surface area contributed by atoms with Gasteiger partial charge in [-0.3, -0.25) is 4.72 Å². The first kappa shape index (κ1) is 18.9. The number of benzene rings is 2. The van der Waals surface area contributed by atoms with E-state index < -0.39 is 10.0 Å². The van der Waals surface area contributed by atoms with Crippen LogP contribution in [0.1, 0.15) is 16.5 Å². The molecular formula is C19H16BrNO3S3. The number of rotatable bonds is 4. The Morgan fingerprint density at radius 3 is 2.67 bits per heavy atom. The third-order valence-electron chi connectivity index (χ3n) is 4.21. The van der Waals surface area contributed by atoms with E-state index in [0.717, 1.165) is 42.3 Å². The molecule has 8 heteroatoms. The first-order valence-electron chi connectivity index (χ1n) is 8.07. The van der Waals surface area contributed by atoms with Gasteiger partial charge >= 0.3 is 0 Å². The molecule has 1 aromatic heterocycles. The van der Waals surface area contributed by atoms with E-state index in [9.17, 15) is 8.42 Å². The minimum atomic E-state index is -3.35. The molecule has 0 radical (unpaired) electrons. The third kappa shape index (κ3) is 3.76. The molecule has 0 aliphatic carbocycles. The van der Waals surface area contributed by atoms with Crippen LogP contribution in [0.4, 0.5) is 5.69 Å². The maximum Gasteiger partial charge on any atom is 0.229 e. The van der Waals surface area contributed by atoms with Gasteiger partial charge in [0.05, 0.1) is 14.9 Å². The average molecular weight is 482 g/mol. The van der Waals surface area contributed by atoms with Crippen LogP contribution in [-0.2, 0) is 10.0 Å². The Morgan fingerprint density at radius 1 is 1.19 bits per heavy atom. The highest BCUT2D eigenvalue weighted by atomic mass is 79.9. The largest absolute Gasteiger partial charge is 0.479 e. The van der Waals surface area contributed by atoms with Crippen molar-refractivity contribution in [3.63, 3.8) is 0 Å². The molecule has 27 heavy (non-hydrogen) atoms. The van der Waals surface area contributed by atoms with Crippen molar-refractivity contribution in [2.75, 3.05) is 17.2 Å². The summed E-state index contributed by atoms with van der Waals surface area (Å²) >= 11 is 6.79. The monoisotopic (exact) mass is 481 g/mol. The van der Waals surface area contributed by atoms with Gasteiger partial charge in [-0.25, -0.2) is 8.42 Å². The molecule has 0 saturated heterocycles. The Kier molecular flexibility index (Phi) is 5.00. The summed E-state index contributed by atoms with van der Waals surface area (Å²) in [6, 6.07) is 15.7. The molecule has 1 atom stereocenters. The van der Waals surface area contributed by atoms with Crippen LogP contribution in [0.2, 0.25) is 0 Å². The fourth-order valence-electron chi connectivity index (χ4n) is 3.20. The van der Waals surface area contributed by atoms with Crippen molar-refractivity contribution in [1.82, 2.24) is 0 Å². The normalized spacial score (nSPS) is 15.6. The number of sulfonamides is 1. The number of fused-ring (bicyclic) bond motifs is 3. The van der Waals surface area contributed by atoms with Crippen molar-refractivity contribution in [2.45, 2.75) is 11.0 Å². The number of ether oxygens (including phenoxy) is 1. The lowest BCUT2D eigenvalue weighted by Gasteiger charge is -2.30. The third-order valence-corrected chi connectivity index (χ3v) is 7.27. The topological polar surface area (TPSA) is 55.4 Å². The molecule has 1 N–H and O–H groups in total. The van der Waals surface area contributed by atoms with Crippen LogP contribution in [0.3, 0.4) is 0 Å². The predicted molar refractivity (Wildman–Crippen MR) is 117 cm³/mol. The van der Waals surface area contributed by atoms with Gasteiger partial charge in [-0.15, -0.1) is 23.1 Å². The highest BCUT2D eigenvalue weighted by molar-refractivity contribution is 9.11. The molecule has 2 aromatic carbocycles. The van der Waals surface area contributed by atoms with Crippen molar-refractivity contribution in [3.05, 3.63) is 62.8 Å². The van der Waals surface area contributed by atoms with Crippen molar-refractivity contribution >= 4 is 54.7 Å². The van der Waals surface area contributed by atoms with Crippen LogP contribution in [0, 0.1) is 0 Å². The number of hydrogen-bond acceptors (Lipinski definition) is 5. The van der Waals surface area contributed by atoms with Crippen LogP contribution in [-0.4, -0.2) is 20.9 Å². The minimum Gasteiger partial charge on any atom is -0.479 e. The number of hydrogen-bond donors (Lipinski definition) is 1. The van der Waals surface area contributed by atoms with E-state index in [-0.39, 0.29) is 6.10 Å². The van der Waals surface area contributed by atoms with Gasteiger partial charge in [-0.2, -0.15) is 0 Å². The van der Waals surface area contributed by atoms with E-state index in [2.05, 4.69) is 26.7 Å². The van der Waals surface area contributed by atoms with Gasteiger partial charge in [0.15, 0.2) is 6.10 Å². The summed E-state index contributed by atoms with van der Waals surface area (Å²) in [6.07, 6.45) is 2.90. The highest BCUT2D eigenvalue weighted by Crippen LogP contribution is 2.50. The Hall–Kier alpha value is -1.48. The van der Waals surface area contributed by atoms with Crippen LogP contribution < -0.4 is 9.46 Å². The fourth-order valence-corrected chi connectivity index (χ4v) is 5.86. The summed E-state index contributed by atoms with van der Waals surface area (Å²) in [7, 11) is -3.35. The van der Waals surface area contributed by atoms with Gasteiger partial charge in [0.25, 0.3) is 0 Å².